The molecule has 1 aromatic heterocycles. The number of benzene rings is 1. The Kier molecular flexibility index (Phi) is 4.01. The number of carbonyl (C=O) groups is 1. The number of halogens is 1. The van der Waals surface area contributed by atoms with Crippen LogP contribution in [0.4, 0.5) is 0 Å². The van der Waals surface area contributed by atoms with Crippen molar-refractivity contribution in [3.63, 3.8) is 0 Å². The Bertz CT molecular complexity index is 738. The first-order valence-corrected chi connectivity index (χ1v) is 7.58. The van der Waals surface area contributed by atoms with Crippen LogP contribution < -0.4 is 10.6 Å². The molecule has 0 spiro atoms. The van der Waals surface area contributed by atoms with E-state index < -0.39 is 0 Å². The maximum Gasteiger partial charge on any atom is 0.274 e. The number of amides is 1. The highest BCUT2D eigenvalue weighted by Crippen LogP contribution is 2.30. The van der Waals surface area contributed by atoms with Crippen LogP contribution >= 0.6 is 35.6 Å². The summed E-state index contributed by atoms with van der Waals surface area (Å²) in [5.41, 5.74) is 0.373. The van der Waals surface area contributed by atoms with Crippen LogP contribution in [0.1, 0.15) is 5.76 Å². The number of thiocarbonyl (C=S) groups is 1. The summed E-state index contributed by atoms with van der Waals surface area (Å²) in [5.74, 6) is 0.317. The van der Waals surface area contributed by atoms with Gasteiger partial charge in [0, 0.05) is 16.0 Å². The molecule has 4 nitrogen and oxygen atoms in total. The summed E-state index contributed by atoms with van der Waals surface area (Å²) < 4.78 is 5.65. The Hall–Kier alpha value is -1.76. The van der Waals surface area contributed by atoms with Crippen LogP contribution in [0.25, 0.3) is 6.08 Å². The van der Waals surface area contributed by atoms with Gasteiger partial charge >= 0.3 is 0 Å². The Morgan fingerprint density at radius 2 is 1.90 bits per heavy atom. The molecule has 21 heavy (non-hydrogen) atoms. The van der Waals surface area contributed by atoms with Gasteiger partial charge in [0.2, 0.25) is 0 Å². The van der Waals surface area contributed by atoms with Gasteiger partial charge in [0.1, 0.15) is 11.5 Å². The first kappa shape index (κ1) is 14.2. The van der Waals surface area contributed by atoms with Crippen LogP contribution in [-0.4, -0.2) is 11.0 Å². The minimum atomic E-state index is -0.261. The Morgan fingerprint density at radius 3 is 2.57 bits per heavy atom. The zero-order valence-electron chi connectivity index (χ0n) is 10.6. The van der Waals surface area contributed by atoms with Crippen molar-refractivity contribution in [2.45, 2.75) is 9.99 Å². The van der Waals surface area contributed by atoms with Gasteiger partial charge in [0.05, 0.1) is 0 Å². The van der Waals surface area contributed by atoms with Crippen LogP contribution in [0.3, 0.4) is 0 Å². The lowest BCUT2D eigenvalue weighted by atomic mass is 10.3. The molecule has 0 radical (unpaired) electrons. The number of furan rings is 1. The van der Waals surface area contributed by atoms with Crippen molar-refractivity contribution in [3.05, 3.63) is 52.9 Å². The maximum atomic E-state index is 11.5. The van der Waals surface area contributed by atoms with Crippen LogP contribution in [0.15, 0.2) is 56.5 Å². The lowest BCUT2D eigenvalue weighted by Crippen LogP contribution is -2.21. The number of hydrogen-bond donors (Lipinski definition) is 2. The number of carbonyl (C=O) groups excluding carboxylic acids is 1. The molecule has 106 valence electrons. The average Bonchev–Trinajstić information content (AvgIpc) is 3.00. The molecule has 0 bridgehead atoms. The number of rotatable bonds is 3. The first-order valence-electron chi connectivity index (χ1n) is 5.97. The standard InChI is InChI=1S/C14H9ClN2O2S2/c15-8-1-4-10(5-2-8)21-12-6-3-9(19-12)7-11-13(18)17-14(20)16-11/h1-7H,(H2,16,17,18,20)/b11-7+. The summed E-state index contributed by atoms with van der Waals surface area (Å²) in [4.78, 5) is 12.5. The summed E-state index contributed by atoms with van der Waals surface area (Å²) in [7, 11) is 0. The van der Waals surface area contributed by atoms with E-state index in [0.29, 0.717) is 21.6 Å². The van der Waals surface area contributed by atoms with Crippen molar-refractivity contribution in [2.75, 3.05) is 0 Å². The average molecular weight is 337 g/mol. The molecule has 2 heterocycles. The molecule has 1 amide bonds. The van der Waals surface area contributed by atoms with Gasteiger partial charge in [-0.25, -0.2) is 0 Å². The third-order valence-electron chi connectivity index (χ3n) is 2.64. The van der Waals surface area contributed by atoms with E-state index in [1.165, 1.54) is 11.8 Å². The second-order valence-electron chi connectivity index (χ2n) is 4.18. The molecule has 2 aromatic rings. The highest BCUT2D eigenvalue weighted by molar-refractivity contribution is 7.99. The van der Waals surface area contributed by atoms with Gasteiger partial charge in [-0.15, -0.1) is 0 Å². The van der Waals surface area contributed by atoms with E-state index in [-0.39, 0.29) is 5.91 Å². The highest BCUT2D eigenvalue weighted by Gasteiger charge is 2.20. The minimum Gasteiger partial charge on any atom is -0.450 e. The van der Waals surface area contributed by atoms with E-state index in [1.807, 2.05) is 30.3 Å². The Balaban J connectivity index is 1.74. The third-order valence-corrected chi connectivity index (χ3v) is 4.03. The summed E-state index contributed by atoms with van der Waals surface area (Å²) in [6.45, 7) is 0. The molecule has 2 N–H and O–H groups in total. The molecule has 0 atom stereocenters. The molecule has 1 aliphatic heterocycles. The van der Waals surface area contributed by atoms with Gasteiger partial charge in [-0.1, -0.05) is 23.4 Å². The molecule has 3 rings (SSSR count). The van der Waals surface area contributed by atoms with Gasteiger partial charge < -0.3 is 9.73 Å². The predicted octanol–water partition coefficient (Wildman–Crippen LogP) is 3.43. The van der Waals surface area contributed by atoms with Crippen molar-refractivity contribution < 1.29 is 9.21 Å². The molecule has 1 aliphatic rings. The Labute approximate surface area is 135 Å². The van der Waals surface area contributed by atoms with E-state index in [4.69, 9.17) is 28.2 Å². The molecule has 7 heteroatoms. The van der Waals surface area contributed by atoms with E-state index >= 15 is 0 Å². The monoisotopic (exact) mass is 336 g/mol. The quantitative estimate of drug-likeness (QED) is 0.664. The largest absolute Gasteiger partial charge is 0.450 e. The summed E-state index contributed by atoms with van der Waals surface area (Å²) in [5, 5.41) is 6.98. The van der Waals surface area contributed by atoms with Crippen molar-refractivity contribution in [2.24, 2.45) is 0 Å². The first-order chi connectivity index (χ1) is 10.1. The Morgan fingerprint density at radius 1 is 1.14 bits per heavy atom. The lowest BCUT2D eigenvalue weighted by Gasteiger charge is -1.97. The number of nitrogens with one attached hydrogen (secondary N) is 2. The third kappa shape index (κ3) is 3.47. The summed E-state index contributed by atoms with van der Waals surface area (Å²) in [6, 6.07) is 11.1. The molecule has 0 unspecified atom stereocenters. The van der Waals surface area contributed by atoms with Crippen molar-refractivity contribution >= 4 is 52.7 Å². The van der Waals surface area contributed by atoms with Crippen molar-refractivity contribution in [3.8, 4) is 0 Å². The lowest BCUT2D eigenvalue weighted by molar-refractivity contribution is -0.115. The predicted molar refractivity (Wildman–Crippen MR) is 86.1 cm³/mol. The van der Waals surface area contributed by atoms with Crippen LogP contribution in [0, 0.1) is 0 Å². The molecule has 1 saturated heterocycles. The maximum absolute atomic E-state index is 11.5. The molecule has 0 aliphatic carbocycles. The molecule has 1 fully saturated rings. The number of hydrogen-bond acceptors (Lipinski definition) is 4. The van der Waals surface area contributed by atoms with E-state index in [1.54, 1.807) is 12.1 Å². The van der Waals surface area contributed by atoms with Crippen LogP contribution in [0.2, 0.25) is 5.02 Å². The highest BCUT2D eigenvalue weighted by atomic mass is 35.5. The second-order valence-corrected chi connectivity index (χ2v) is 6.10. The van der Waals surface area contributed by atoms with Gasteiger partial charge in [-0.2, -0.15) is 0 Å². The van der Waals surface area contributed by atoms with E-state index in [9.17, 15) is 4.79 Å². The van der Waals surface area contributed by atoms with Crippen LogP contribution in [-0.2, 0) is 4.79 Å². The second kappa shape index (κ2) is 5.93. The van der Waals surface area contributed by atoms with Gasteiger partial charge in [-0.3, -0.25) is 10.1 Å². The van der Waals surface area contributed by atoms with E-state index in [0.717, 1.165) is 9.99 Å². The summed E-state index contributed by atoms with van der Waals surface area (Å²) in [6.07, 6.45) is 1.61. The fraction of sp³-hybridized carbons (Fsp3) is 0. The zero-order chi connectivity index (χ0) is 14.8. The van der Waals surface area contributed by atoms with Gasteiger partial charge in [0.15, 0.2) is 10.2 Å². The van der Waals surface area contributed by atoms with E-state index in [2.05, 4.69) is 10.6 Å². The SMILES string of the molecule is O=C1NC(=S)N/C1=C/c1ccc(Sc2ccc(Cl)cc2)o1. The minimum absolute atomic E-state index is 0.261. The summed E-state index contributed by atoms with van der Waals surface area (Å²) >= 11 is 12.2. The zero-order valence-corrected chi connectivity index (χ0v) is 12.9. The molecular weight excluding hydrogens is 328 g/mol. The van der Waals surface area contributed by atoms with Crippen LogP contribution in [0.5, 0.6) is 0 Å². The normalized spacial score (nSPS) is 16.1. The molecule has 0 saturated carbocycles. The smallest absolute Gasteiger partial charge is 0.274 e. The van der Waals surface area contributed by atoms with Crippen molar-refractivity contribution in [1.29, 1.82) is 0 Å². The topological polar surface area (TPSA) is 54.3 Å². The fourth-order valence-electron chi connectivity index (χ4n) is 1.71. The van der Waals surface area contributed by atoms with Gasteiger partial charge in [-0.05, 0) is 48.6 Å². The molecular formula is C14H9ClN2O2S2. The van der Waals surface area contributed by atoms with Gasteiger partial charge in [0.25, 0.3) is 5.91 Å². The van der Waals surface area contributed by atoms with Crippen molar-refractivity contribution in [1.82, 2.24) is 10.6 Å². The molecule has 1 aromatic carbocycles. The fourth-order valence-corrected chi connectivity index (χ4v) is 2.82.